The monoisotopic (exact) mass is 187 g/mol. The first-order valence-corrected chi connectivity index (χ1v) is 4.53. The molecule has 0 aliphatic carbocycles. The van der Waals surface area contributed by atoms with Crippen molar-refractivity contribution in [3.8, 4) is 11.3 Å². The summed E-state index contributed by atoms with van der Waals surface area (Å²) in [5.41, 5.74) is 9.80. The van der Waals surface area contributed by atoms with Gasteiger partial charge in [-0.05, 0) is 24.6 Å². The third kappa shape index (κ3) is 1.37. The summed E-state index contributed by atoms with van der Waals surface area (Å²) in [6, 6.07) is 7.88. The van der Waals surface area contributed by atoms with E-state index in [4.69, 9.17) is 5.73 Å². The van der Waals surface area contributed by atoms with Crippen LogP contribution in [0.3, 0.4) is 0 Å². The van der Waals surface area contributed by atoms with Gasteiger partial charge in [-0.2, -0.15) is 5.10 Å². The molecule has 0 aliphatic heterocycles. The molecule has 0 aliphatic rings. The maximum absolute atomic E-state index is 5.83. The Morgan fingerprint density at radius 1 is 1.29 bits per heavy atom. The summed E-state index contributed by atoms with van der Waals surface area (Å²) in [6.45, 7) is 2.01. The van der Waals surface area contributed by atoms with Gasteiger partial charge in [-0.1, -0.05) is 12.1 Å². The number of nitrogens with two attached hydrogens (primary N) is 1. The number of aryl methyl sites for hydroxylation is 1. The molecule has 0 bridgehead atoms. The van der Waals surface area contributed by atoms with E-state index >= 15 is 0 Å². The van der Waals surface area contributed by atoms with E-state index in [9.17, 15) is 0 Å². The van der Waals surface area contributed by atoms with Gasteiger partial charge in [0.2, 0.25) is 0 Å². The van der Waals surface area contributed by atoms with Gasteiger partial charge in [0.15, 0.2) is 0 Å². The smallest absolute Gasteiger partial charge is 0.0926 e. The van der Waals surface area contributed by atoms with E-state index in [1.807, 2.05) is 44.4 Å². The van der Waals surface area contributed by atoms with E-state index in [0.717, 1.165) is 22.5 Å². The lowest BCUT2D eigenvalue weighted by molar-refractivity contribution is 0.771. The van der Waals surface area contributed by atoms with Crippen LogP contribution >= 0.6 is 0 Å². The maximum Gasteiger partial charge on any atom is 0.0926 e. The molecule has 0 saturated carbocycles. The van der Waals surface area contributed by atoms with Gasteiger partial charge < -0.3 is 5.73 Å². The van der Waals surface area contributed by atoms with Crippen molar-refractivity contribution in [1.82, 2.24) is 9.78 Å². The lowest BCUT2D eigenvalue weighted by Crippen LogP contribution is -1.93. The van der Waals surface area contributed by atoms with Crippen molar-refractivity contribution in [1.29, 1.82) is 0 Å². The minimum atomic E-state index is 0.813. The fourth-order valence-corrected chi connectivity index (χ4v) is 1.49. The van der Waals surface area contributed by atoms with Crippen molar-refractivity contribution in [3.63, 3.8) is 0 Å². The van der Waals surface area contributed by atoms with E-state index in [1.54, 1.807) is 4.68 Å². The van der Waals surface area contributed by atoms with Crippen molar-refractivity contribution >= 4 is 5.69 Å². The standard InChI is InChI=1S/C11H13N3/c1-8-9(4-3-5-10(8)12)11-6-7-14(2)13-11/h3-7H,12H2,1-2H3. The number of hydrogen-bond donors (Lipinski definition) is 1. The fraction of sp³-hybridized carbons (Fsp3) is 0.182. The zero-order valence-corrected chi connectivity index (χ0v) is 8.36. The Balaban J connectivity index is 2.57. The normalized spacial score (nSPS) is 10.4. The zero-order chi connectivity index (χ0) is 10.1. The molecule has 14 heavy (non-hydrogen) atoms. The molecule has 2 N–H and O–H groups in total. The number of nitrogens with zero attached hydrogens (tertiary/aromatic N) is 2. The molecule has 2 rings (SSSR count). The number of nitrogen functional groups attached to an aromatic ring is 1. The summed E-state index contributed by atoms with van der Waals surface area (Å²) in [5.74, 6) is 0. The van der Waals surface area contributed by atoms with Crippen molar-refractivity contribution in [2.45, 2.75) is 6.92 Å². The van der Waals surface area contributed by atoms with Gasteiger partial charge in [-0.3, -0.25) is 4.68 Å². The summed E-state index contributed by atoms with van der Waals surface area (Å²) in [4.78, 5) is 0. The lowest BCUT2D eigenvalue weighted by Gasteiger charge is -2.04. The van der Waals surface area contributed by atoms with Crippen LogP contribution < -0.4 is 5.73 Å². The topological polar surface area (TPSA) is 43.8 Å². The molecule has 0 fully saturated rings. The molecule has 0 spiro atoms. The van der Waals surface area contributed by atoms with E-state index < -0.39 is 0 Å². The number of anilines is 1. The van der Waals surface area contributed by atoms with Crippen LogP contribution in [0.5, 0.6) is 0 Å². The summed E-state index contributed by atoms with van der Waals surface area (Å²) in [7, 11) is 1.91. The van der Waals surface area contributed by atoms with E-state index in [0.29, 0.717) is 0 Å². The third-order valence-corrected chi connectivity index (χ3v) is 2.37. The molecule has 0 radical (unpaired) electrons. The SMILES string of the molecule is Cc1c(N)cccc1-c1ccn(C)n1. The number of aromatic nitrogens is 2. The number of benzene rings is 1. The van der Waals surface area contributed by atoms with Crippen molar-refractivity contribution in [2.75, 3.05) is 5.73 Å². The highest BCUT2D eigenvalue weighted by molar-refractivity contribution is 5.69. The quantitative estimate of drug-likeness (QED) is 0.694. The Labute approximate surface area is 83.2 Å². The Bertz CT molecular complexity index is 457. The van der Waals surface area contributed by atoms with Crippen molar-refractivity contribution < 1.29 is 0 Å². The first-order valence-electron chi connectivity index (χ1n) is 4.53. The summed E-state index contributed by atoms with van der Waals surface area (Å²) >= 11 is 0. The second-order valence-corrected chi connectivity index (χ2v) is 3.39. The van der Waals surface area contributed by atoms with Gasteiger partial charge in [0.25, 0.3) is 0 Å². The largest absolute Gasteiger partial charge is 0.398 e. The average molecular weight is 187 g/mol. The first-order chi connectivity index (χ1) is 6.68. The van der Waals surface area contributed by atoms with Gasteiger partial charge >= 0.3 is 0 Å². The Hall–Kier alpha value is -1.77. The molecule has 3 heteroatoms. The Morgan fingerprint density at radius 3 is 2.71 bits per heavy atom. The molecule has 3 nitrogen and oxygen atoms in total. The molecule has 1 aromatic carbocycles. The fourth-order valence-electron chi connectivity index (χ4n) is 1.49. The van der Waals surface area contributed by atoms with Crippen LogP contribution in [0, 0.1) is 6.92 Å². The highest BCUT2D eigenvalue weighted by Crippen LogP contribution is 2.24. The third-order valence-electron chi connectivity index (χ3n) is 2.37. The van der Waals surface area contributed by atoms with E-state index in [-0.39, 0.29) is 0 Å². The lowest BCUT2D eigenvalue weighted by atomic mass is 10.0. The molecule has 1 aromatic heterocycles. The predicted molar refractivity (Wildman–Crippen MR) is 57.8 cm³/mol. The number of hydrogen-bond acceptors (Lipinski definition) is 2. The van der Waals surface area contributed by atoms with Gasteiger partial charge in [0.1, 0.15) is 0 Å². The zero-order valence-electron chi connectivity index (χ0n) is 8.36. The van der Waals surface area contributed by atoms with Crippen LogP contribution in [0.4, 0.5) is 5.69 Å². The van der Waals surface area contributed by atoms with Crippen LogP contribution in [0.2, 0.25) is 0 Å². The highest BCUT2D eigenvalue weighted by atomic mass is 15.2. The molecule has 2 aromatic rings. The van der Waals surface area contributed by atoms with Crippen LogP contribution in [0.15, 0.2) is 30.5 Å². The van der Waals surface area contributed by atoms with Crippen LogP contribution in [-0.4, -0.2) is 9.78 Å². The van der Waals surface area contributed by atoms with Crippen LogP contribution in [0.1, 0.15) is 5.56 Å². The van der Waals surface area contributed by atoms with Gasteiger partial charge in [-0.25, -0.2) is 0 Å². The van der Waals surface area contributed by atoms with Gasteiger partial charge in [-0.15, -0.1) is 0 Å². The van der Waals surface area contributed by atoms with Crippen molar-refractivity contribution in [2.24, 2.45) is 7.05 Å². The Morgan fingerprint density at radius 2 is 2.07 bits per heavy atom. The highest BCUT2D eigenvalue weighted by Gasteiger charge is 2.05. The number of rotatable bonds is 1. The van der Waals surface area contributed by atoms with E-state index in [2.05, 4.69) is 5.10 Å². The van der Waals surface area contributed by atoms with Gasteiger partial charge in [0.05, 0.1) is 5.69 Å². The molecule has 0 saturated heterocycles. The van der Waals surface area contributed by atoms with Gasteiger partial charge in [0, 0.05) is 24.5 Å². The predicted octanol–water partition coefficient (Wildman–Crippen LogP) is 1.98. The minimum Gasteiger partial charge on any atom is -0.398 e. The molecule has 0 unspecified atom stereocenters. The molecule has 0 atom stereocenters. The molecule has 1 heterocycles. The Kier molecular flexibility index (Phi) is 2.00. The van der Waals surface area contributed by atoms with Crippen LogP contribution in [0.25, 0.3) is 11.3 Å². The first kappa shape index (κ1) is 8.81. The average Bonchev–Trinajstić information content (AvgIpc) is 2.57. The summed E-state index contributed by atoms with van der Waals surface area (Å²) in [6.07, 6.45) is 1.93. The van der Waals surface area contributed by atoms with Crippen LogP contribution in [-0.2, 0) is 7.05 Å². The summed E-state index contributed by atoms with van der Waals surface area (Å²) < 4.78 is 1.79. The maximum atomic E-state index is 5.83. The molecular weight excluding hydrogens is 174 g/mol. The molecule has 0 amide bonds. The summed E-state index contributed by atoms with van der Waals surface area (Å²) in [5, 5.41) is 4.34. The van der Waals surface area contributed by atoms with E-state index in [1.165, 1.54) is 0 Å². The second-order valence-electron chi connectivity index (χ2n) is 3.39. The second kappa shape index (κ2) is 3.18. The molecular formula is C11H13N3. The minimum absolute atomic E-state index is 0.813. The molecule has 72 valence electrons. The van der Waals surface area contributed by atoms with Crippen molar-refractivity contribution in [3.05, 3.63) is 36.0 Å².